The molecule has 5 nitrogen and oxygen atoms in total. The molecule has 90 valence electrons. The number of aromatic amines is 2. The molecule has 0 aliphatic carbocycles. The quantitative estimate of drug-likeness (QED) is 0.737. The minimum absolute atomic E-state index is 0.367. The van der Waals surface area contributed by atoms with Gasteiger partial charge in [-0.05, 0) is 12.1 Å². The minimum Gasteiger partial charge on any atom is -0.379 e. The summed E-state index contributed by atoms with van der Waals surface area (Å²) in [4.78, 5) is 10.9. The molecule has 1 atom stereocenters. The Balaban J connectivity index is 1.68. The normalized spacial score (nSPS) is 20.6. The van der Waals surface area contributed by atoms with E-state index in [-0.39, 0.29) is 0 Å². The second-order valence-electron chi connectivity index (χ2n) is 4.26. The Morgan fingerprint density at radius 3 is 3.18 bits per heavy atom. The van der Waals surface area contributed by atoms with Crippen molar-refractivity contribution in [2.45, 2.75) is 12.5 Å². The highest BCUT2D eigenvalue weighted by Gasteiger charge is 2.15. The molecule has 0 bridgehead atoms. The fraction of sp³-hybridized carbons (Fsp3) is 0.417. The van der Waals surface area contributed by atoms with Crippen molar-refractivity contribution in [1.82, 2.24) is 20.3 Å². The largest absolute Gasteiger partial charge is 0.379 e. The molecule has 3 rings (SSSR count). The highest BCUT2D eigenvalue weighted by atomic mass is 16.5. The van der Waals surface area contributed by atoms with E-state index >= 15 is 0 Å². The summed E-state index contributed by atoms with van der Waals surface area (Å²) in [5.41, 5.74) is 2.10. The second-order valence-corrected chi connectivity index (χ2v) is 4.26. The number of rotatable bonds is 3. The average molecular weight is 232 g/mol. The van der Waals surface area contributed by atoms with Crippen molar-refractivity contribution < 1.29 is 4.74 Å². The molecule has 1 fully saturated rings. The molecule has 3 N–H and O–H groups in total. The Morgan fingerprint density at radius 1 is 1.41 bits per heavy atom. The zero-order valence-corrected chi connectivity index (χ0v) is 9.57. The van der Waals surface area contributed by atoms with Gasteiger partial charge in [0.25, 0.3) is 0 Å². The van der Waals surface area contributed by atoms with E-state index in [1.807, 2.05) is 24.5 Å². The first-order valence-corrected chi connectivity index (χ1v) is 5.90. The number of hydrogen-bond donors (Lipinski definition) is 3. The summed E-state index contributed by atoms with van der Waals surface area (Å²) in [6, 6.07) is 4.37. The first-order valence-electron chi connectivity index (χ1n) is 5.90. The van der Waals surface area contributed by atoms with Crippen LogP contribution in [0, 0.1) is 0 Å². The predicted molar refractivity (Wildman–Crippen MR) is 64.7 cm³/mol. The van der Waals surface area contributed by atoms with E-state index in [1.54, 1.807) is 0 Å². The lowest BCUT2D eigenvalue weighted by Crippen LogP contribution is -2.42. The molecule has 0 amide bonds. The van der Waals surface area contributed by atoms with Gasteiger partial charge in [-0.15, -0.1) is 0 Å². The first kappa shape index (κ1) is 10.6. The lowest BCUT2D eigenvalue weighted by Gasteiger charge is -2.22. The van der Waals surface area contributed by atoms with E-state index in [4.69, 9.17) is 4.74 Å². The summed E-state index contributed by atoms with van der Waals surface area (Å²) in [7, 11) is 0. The third-order valence-corrected chi connectivity index (χ3v) is 2.95. The molecule has 0 aromatic carbocycles. The lowest BCUT2D eigenvalue weighted by molar-refractivity contribution is 0.0764. The maximum Gasteiger partial charge on any atom is 0.108 e. The monoisotopic (exact) mass is 232 g/mol. The number of imidazole rings is 1. The minimum atomic E-state index is 0.367. The van der Waals surface area contributed by atoms with Crippen molar-refractivity contribution in [3.63, 3.8) is 0 Å². The Bertz CT molecular complexity index is 457. The van der Waals surface area contributed by atoms with E-state index in [1.165, 1.54) is 0 Å². The Kier molecular flexibility index (Phi) is 2.94. The molecule has 17 heavy (non-hydrogen) atoms. The molecule has 1 saturated heterocycles. The zero-order valence-electron chi connectivity index (χ0n) is 9.57. The van der Waals surface area contributed by atoms with E-state index in [0.717, 1.165) is 43.4 Å². The number of aromatic nitrogens is 3. The van der Waals surface area contributed by atoms with E-state index in [2.05, 4.69) is 20.3 Å². The summed E-state index contributed by atoms with van der Waals surface area (Å²) in [5, 5.41) is 3.42. The third kappa shape index (κ3) is 2.40. The summed E-state index contributed by atoms with van der Waals surface area (Å²) in [6.45, 7) is 2.50. The maximum absolute atomic E-state index is 5.42. The molecule has 2 aromatic heterocycles. The Labute approximate surface area is 99.6 Å². The third-order valence-electron chi connectivity index (χ3n) is 2.95. The van der Waals surface area contributed by atoms with Crippen LogP contribution in [-0.4, -0.2) is 40.8 Å². The molecule has 1 unspecified atom stereocenters. The van der Waals surface area contributed by atoms with Crippen LogP contribution >= 0.6 is 0 Å². The zero-order chi connectivity index (χ0) is 11.5. The van der Waals surface area contributed by atoms with Gasteiger partial charge in [0, 0.05) is 25.2 Å². The Morgan fingerprint density at radius 2 is 2.41 bits per heavy atom. The van der Waals surface area contributed by atoms with Crippen molar-refractivity contribution in [2.75, 3.05) is 19.8 Å². The van der Waals surface area contributed by atoms with E-state index in [0.29, 0.717) is 6.04 Å². The van der Waals surface area contributed by atoms with Crippen LogP contribution < -0.4 is 5.32 Å². The van der Waals surface area contributed by atoms with Gasteiger partial charge in [0.05, 0.1) is 30.8 Å². The van der Waals surface area contributed by atoms with Gasteiger partial charge >= 0.3 is 0 Å². The summed E-state index contributed by atoms with van der Waals surface area (Å²) >= 11 is 0. The highest BCUT2D eigenvalue weighted by Crippen LogP contribution is 2.14. The fourth-order valence-corrected chi connectivity index (χ4v) is 2.09. The molecule has 0 radical (unpaired) electrons. The lowest BCUT2D eigenvalue weighted by atomic mass is 10.2. The van der Waals surface area contributed by atoms with Gasteiger partial charge in [-0.3, -0.25) is 0 Å². The number of nitrogens with one attached hydrogen (secondary N) is 3. The molecule has 1 aliphatic heterocycles. The molecule has 0 spiro atoms. The summed E-state index contributed by atoms with van der Waals surface area (Å²) < 4.78 is 5.42. The smallest absolute Gasteiger partial charge is 0.108 e. The summed E-state index contributed by atoms with van der Waals surface area (Å²) in [5.74, 6) is 0.998. The van der Waals surface area contributed by atoms with Crippen LogP contribution in [0.4, 0.5) is 0 Å². The maximum atomic E-state index is 5.42. The topological polar surface area (TPSA) is 65.7 Å². The molecule has 2 aromatic rings. The number of morpholine rings is 1. The molecule has 3 heterocycles. The second kappa shape index (κ2) is 4.73. The molecule has 5 heteroatoms. The van der Waals surface area contributed by atoms with Gasteiger partial charge in [0.1, 0.15) is 5.82 Å². The number of ether oxygens (including phenoxy) is 1. The van der Waals surface area contributed by atoms with Gasteiger partial charge in [-0.1, -0.05) is 0 Å². The highest BCUT2D eigenvalue weighted by molar-refractivity contribution is 5.53. The number of hydrogen-bond acceptors (Lipinski definition) is 3. The summed E-state index contributed by atoms with van der Waals surface area (Å²) in [6.07, 6.45) is 4.65. The van der Waals surface area contributed by atoms with Crippen LogP contribution in [0.3, 0.4) is 0 Å². The van der Waals surface area contributed by atoms with Crippen LogP contribution in [-0.2, 0) is 11.2 Å². The first-order chi connectivity index (χ1) is 8.42. The average Bonchev–Trinajstić information content (AvgIpc) is 3.00. The SMILES string of the molecule is c1c[nH]c(-c2cnc(CC3COCCN3)[nH]2)c1. The van der Waals surface area contributed by atoms with E-state index < -0.39 is 0 Å². The van der Waals surface area contributed by atoms with Gasteiger partial charge in [-0.25, -0.2) is 4.98 Å². The predicted octanol–water partition coefficient (Wildman–Crippen LogP) is 0.936. The van der Waals surface area contributed by atoms with Crippen LogP contribution in [0.15, 0.2) is 24.5 Å². The fourth-order valence-electron chi connectivity index (χ4n) is 2.09. The van der Waals surface area contributed by atoms with Crippen molar-refractivity contribution >= 4 is 0 Å². The van der Waals surface area contributed by atoms with Gasteiger partial charge in [0.2, 0.25) is 0 Å². The van der Waals surface area contributed by atoms with Gasteiger partial charge in [0.15, 0.2) is 0 Å². The van der Waals surface area contributed by atoms with Crippen molar-refractivity contribution in [3.8, 4) is 11.4 Å². The van der Waals surface area contributed by atoms with Crippen molar-refractivity contribution in [2.24, 2.45) is 0 Å². The standard InChI is InChI=1S/C12H16N4O/c1-2-10(14-3-1)11-7-15-12(16-11)6-9-8-17-5-4-13-9/h1-3,7,9,13-14H,4-6,8H2,(H,15,16). The van der Waals surface area contributed by atoms with Gasteiger partial charge < -0.3 is 20.0 Å². The molecule has 1 aliphatic rings. The number of nitrogens with zero attached hydrogens (tertiary/aromatic N) is 1. The van der Waals surface area contributed by atoms with Crippen molar-refractivity contribution in [1.29, 1.82) is 0 Å². The number of H-pyrrole nitrogens is 2. The van der Waals surface area contributed by atoms with Crippen LogP contribution in [0.1, 0.15) is 5.82 Å². The van der Waals surface area contributed by atoms with E-state index in [9.17, 15) is 0 Å². The molecular formula is C12H16N4O. The van der Waals surface area contributed by atoms with Crippen LogP contribution in [0.25, 0.3) is 11.4 Å². The molecule has 0 saturated carbocycles. The van der Waals surface area contributed by atoms with Gasteiger partial charge in [-0.2, -0.15) is 0 Å². The van der Waals surface area contributed by atoms with Crippen molar-refractivity contribution in [3.05, 3.63) is 30.4 Å². The molecular weight excluding hydrogens is 216 g/mol. The Hall–Kier alpha value is -1.59. The van der Waals surface area contributed by atoms with Crippen LogP contribution in [0.2, 0.25) is 0 Å². The van der Waals surface area contributed by atoms with Crippen LogP contribution in [0.5, 0.6) is 0 Å².